The number of aliphatic carboxylic acids is 1. The molecule has 0 radical (unpaired) electrons. The van der Waals surface area contributed by atoms with Gasteiger partial charge < -0.3 is 9.51 Å². The number of fused-ring (bicyclic) bond motifs is 1. The lowest BCUT2D eigenvalue weighted by molar-refractivity contribution is -0.138. The van der Waals surface area contributed by atoms with Crippen LogP contribution < -0.4 is 0 Å². The van der Waals surface area contributed by atoms with E-state index in [4.69, 9.17) is 5.11 Å². The first kappa shape index (κ1) is 15.0. The molecule has 0 unspecified atom stereocenters. The summed E-state index contributed by atoms with van der Waals surface area (Å²) in [6, 6.07) is 7.11. The maximum absolute atomic E-state index is 12.9. The number of alkyl halides is 3. The van der Waals surface area contributed by atoms with Crippen molar-refractivity contribution >= 4 is 11.6 Å². The molecular weight excluding hydrogens is 311 g/mol. The van der Waals surface area contributed by atoms with Crippen molar-refractivity contribution in [3.05, 3.63) is 54.0 Å². The number of aromatic nitrogens is 3. The molecule has 0 atom stereocenters. The highest BCUT2D eigenvalue weighted by Gasteiger charge is 2.31. The zero-order valence-corrected chi connectivity index (χ0v) is 11.6. The number of carboxylic acids is 1. The predicted octanol–water partition coefficient (Wildman–Crippen LogP) is 3.04. The summed E-state index contributed by atoms with van der Waals surface area (Å²) < 4.78 is 39.8. The van der Waals surface area contributed by atoms with Gasteiger partial charge in [0.1, 0.15) is 11.3 Å². The SMILES string of the molecule is O=C(O)Cc1c(-c2ccccn2)nc2ccc(C(F)(F)F)cn12. The Morgan fingerprint density at radius 3 is 2.61 bits per heavy atom. The minimum Gasteiger partial charge on any atom is -0.481 e. The number of hydrogen-bond acceptors (Lipinski definition) is 3. The van der Waals surface area contributed by atoms with Gasteiger partial charge in [0.05, 0.1) is 23.4 Å². The molecule has 8 heteroatoms. The molecule has 3 rings (SSSR count). The zero-order valence-electron chi connectivity index (χ0n) is 11.6. The summed E-state index contributed by atoms with van der Waals surface area (Å²) in [7, 11) is 0. The molecule has 0 amide bonds. The number of hydrogen-bond donors (Lipinski definition) is 1. The first-order valence-corrected chi connectivity index (χ1v) is 6.57. The van der Waals surface area contributed by atoms with Crippen molar-refractivity contribution in [3.63, 3.8) is 0 Å². The molecule has 0 fully saturated rings. The van der Waals surface area contributed by atoms with E-state index in [0.717, 1.165) is 16.7 Å². The summed E-state index contributed by atoms with van der Waals surface area (Å²) in [5.74, 6) is -1.17. The molecule has 0 bridgehead atoms. The topological polar surface area (TPSA) is 67.5 Å². The van der Waals surface area contributed by atoms with Crippen LogP contribution in [0.3, 0.4) is 0 Å². The summed E-state index contributed by atoms with van der Waals surface area (Å²) in [4.78, 5) is 19.4. The van der Waals surface area contributed by atoms with Gasteiger partial charge in [0, 0.05) is 12.4 Å². The van der Waals surface area contributed by atoms with E-state index in [9.17, 15) is 18.0 Å². The Kier molecular flexibility index (Phi) is 3.51. The average Bonchev–Trinajstić information content (AvgIpc) is 2.85. The summed E-state index contributed by atoms with van der Waals surface area (Å²) in [6.45, 7) is 0. The molecule has 5 nitrogen and oxygen atoms in total. The number of nitrogens with zero attached hydrogens (tertiary/aromatic N) is 3. The first-order valence-electron chi connectivity index (χ1n) is 6.57. The van der Waals surface area contributed by atoms with Crippen LogP contribution in [0.15, 0.2) is 42.7 Å². The molecule has 23 heavy (non-hydrogen) atoms. The van der Waals surface area contributed by atoms with Crippen molar-refractivity contribution in [2.45, 2.75) is 12.6 Å². The maximum atomic E-state index is 12.9. The number of halogens is 3. The molecule has 0 saturated heterocycles. The van der Waals surface area contributed by atoms with Crippen LogP contribution in [-0.2, 0) is 17.4 Å². The summed E-state index contributed by atoms with van der Waals surface area (Å²) >= 11 is 0. The van der Waals surface area contributed by atoms with Crippen molar-refractivity contribution in [2.75, 3.05) is 0 Å². The van der Waals surface area contributed by atoms with Crippen LogP contribution in [0, 0.1) is 0 Å². The van der Waals surface area contributed by atoms with Gasteiger partial charge in [0.15, 0.2) is 0 Å². The van der Waals surface area contributed by atoms with Gasteiger partial charge in [-0.2, -0.15) is 13.2 Å². The van der Waals surface area contributed by atoms with Gasteiger partial charge in [-0.1, -0.05) is 6.07 Å². The fourth-order valence-electron chi connectivity index (χ4n) is 2.28. The Labute approximate surface area is 128 Å². The zero-order chi connectivity index (χ0) is 16.6. The van der Waals surface area contributed by atoms with E-state index >= 15 is 0 Å². The van der Waals surface area contributed by atoms with E-state index in [0.29, 0.717) is 5.69 Å². The lowest BCUT2D eigenvalue weighted by Gasteiger charge is -2.08. The van der Waals surface area contributed by atoms with E-state index < -0.39 is 24.1 Å². The van der Waals surface area contributed by atoms with E-state index in [-0.39, 0.29) is 17.0 Å². The molecule has 3 aromatic heterocycles. The van der Waals surface area contributed by atoms with Gasteiger partial charge >= 0.3 is 12.1 Å². The number of pyridine rings is 2. The Balaban J connectivity index is 2.26. The molecule has 0 aliphatic rings. The van der Waals surface area contributed by atoms with Crippen molar-refractivity contribution in [2.24, 2.45) is 0 Å². The van der Waals surface area contributed by atoms with Crippen LogP contribution in [0.1, 0.15) is 11.3 Å². The molecule has 0 aliphatic heterocycles. The largest absolute Gasteiger partial charge is 0.481 e. The molecule has 0 aromatic carbocycles. The third-order valence-electron chi connectivity index (χ3n) is 3.27. The summed E-state index contributed by atoms with van der Waals surface area (Å²) in [5, 5.41) is 9.06. The predicted molar refractivity (Wildman–Crippen MR) is 74.8 cm³/mol. The third kappa shape index (κ3) is 2.87. The Bertz CT molecular complexity index is 873. The van der Waals surface area contributed by atoms with Crippen molar-refractivity contribution in [3.8, 4) is 11.4 Å². The minimum atomic E-state index is -4.52. The number of carboxylic acid groups (broad SMARTS) is 1. The highest BCUT2D eigenvalue weighted by Crippen LogP contribution is 2.31. The smallest absolute Gasteiger partial charge is 0.417 e. The molecule has 3 heterocycles. The molecule has 3 aromatic rings. The van der Waals surface area contributed by atoms with Gasteiger partial charge in [0.25, 0.3) is 0 Å². The van der Waals surface area contributed by atoms with Gasteiger partial charge in [-0.05, 0) is 24.3 Å². The summed E-state index contributed by atoms with van der Waals surface area (Å²) in [5.41, 5.74) is 0.169. The van der Waals surface area contributed by atoms with Crippen LogP contribution >= 0.6 is 0 Å². The average molecular weight is 321 g/mol. The molecular formula is C15H10F3N3O2. The molecule has 0 saturated carbocycles. The quantitative estimate of drug-likeness (QED) is 0.805. The van der Waals surface area contributed by atoms with Gasteiger partial charge in [-0.15, -0.1) is 0 Å². The molecule has 118 valence electrons. The van der Waals surface area contributed by atoms with Crippen LogP contribution in [0.4, 0.5) is 13.2 Å². The highest BCUT2D eigenvalue weighted by atomic mass is 19.4. The number of imidazole rings is 1. The first-order chi connectivity index (χ1) is 10.9. The molecule has 1 N–H and O–H groups in total. The Morgan fingerprint density at radius 1 is 1.22 bits per heavy atom. The van der Waals surface area contributed by atoms with Crippen molar-refractivity contribution in [1.29, 1.82) is 0 Å². The standard InChI is InChI=1S/C15H10F3N3O2/c16-15(17,18)9-4-5-12-20-14(10-3-1-2-6-19-10)11(7-13(22)23)21(12)8-9/h1-6,8H,7H2,(H,22,23). The maximum Gasteiger partial charge on any atom is 0.417 e. The second-order valence-electron chi connectivity index (χ2n) is 4.84. The lowest BCUT2D eigenvalue weighted by Crippen LogP contribution is -2.09. The van der Waals surface area contributed by atoms with Gasteiger partial charge in [0.2, 0.25) is 0 Å². The Morgan fingerprint density at radius 2 is 2.00 bits per heavy atom. The minimum absolute atomic E-state index is 0.150. The third-order valence-corrected chi connectivity index (χ3v) is 3.27. The lowest BCUT2D eigenvalue weighted by atomic mass is 10.2. The van der Waals surface area contributed by atoms with E-state index in [1.54, 1.807) is 18.2 Å². The Hall–Kier alpha value is -2.90. The molecule has 0 aliphatic carbocycles. The number of carbonyl (C=O) groups is 1. The van der Waals surface area contributed by atoms with Crippen molar-refractivity contribution in [1.82, 2.24) is 14.4 Å². The van der Waals surface area contributed by atoms with Gasteiger partial charge in [-0.25, -0.2) is 4.98 Å². The van der Waals surface area contributed by atoms with Crippen LogP contribution in [0.25, 0.3) is 17.0 Å². The summed E-state index contributed by atoms with van der Waals surface area (Å²) in [6.07, 6.45) is -2.63. The fraction of sp³-hybridized carbons (Fsp3) is 0.133. The van der Waals surface area contributed by atoms with E-state index in [1.807, 2.05) is 0 Å². The normalized spacial score (nSPS) is 11.8. The van der Waals surface area contributed by atoms with Crippen LogP contribution in [0.5, 0.6) is 0 Å². The van der Waals surface area contributed by atoms with E-state index in [2.05, 4.69) is 9.97 Å². The van der Waals surface area contributed by atoms with Crippen LogP contribution in [-0.4, -0.2) is 25.4 Å². The highest BCUT2D eigenvalue weighted by molar-refractivity contribution is 5.75. The van der Waals surface area contributed by atoms with Gasteiger partial charge in [-0.3, -0.25) is 9.78 Å². The van der Waals surface area contributed by atoms with Crippen molar-refractivity contribution < 1.29 is 23.1 Å². The second kappa shape index (κ2) is 5.38. The van der Waals surface area contributed by atoms with E-state index in [1.165, 1.54) is 12.3 Å². The second-order valence-corrected chi connectivity index (χ2v) is 4.84. The van der Waals surface area contributed by atoms with Crippen LogP contribution in [0.2, 0.25) is 0 Å². The monoisotopic (exact) mass is 321 g/mol. The fourth-order valence-corrected chi connectivity index (χ4v) is 2.28. The molecule has 0 spiro atoms. The number of rotatable bonds is 3.